The molecule has 0 aliphatic heterocycles. The lowest BCUT2D eigenvalue weighted by molar-refractivity contribution is 0.110. The van der Waals surface area contributed by atoms with E-state index in [1.54, 1.807) is 12.1 Å². The Morgan fingerprint density at radius 3 is 2.62 bits per heavy atom. The molecule has 0 spiro atoms. The molecule has 0 fully saturated rings. The summed E-state index contributed by atoms with van der Waals surface area (Å²) < 4.78 is 30.0. The fraction of sp³-hybridized carbons (Fsp3) is 0.0833. The standard InChI is InChI=1S/C12H8F2O2/c13-12(14)9-3-1-2-8(6-9)11-5-4-10(7-15)16-11/h1-7,12H. The second-order valence-corrected chi connectivity index (χ2v) is 3.25. The molecule has 0 aliphatic carbocycles. The molecule has 1 aromatic heterocycles. The largest absolute Gasteiger partial charge is 0.453 e. The number of furan rings is 1. The van der Waals surface area contributed by atoms with Gasteiger partial charge in [-0.1, -0.05) is 18.2 Å². The van der Waals surface area contributed by atoms with Gasteiger partial charge in [-0.25, -0.2) is 8.78 Å². The zero-order valence-corrected chi connectivity index (χ0v) is 8.19. The summed E-state index contributed by atoms with van der Waals surface area (Å²) in [7, 11) is 0. The molecule has 0 unspecified atom stereocenters. The summed E-state index contributed by atoms with van der Waals surface area (Å²) in [5, 5.41) is 0. The Balaban J connectivity index is 2.39. The Bertz CT molecular complexity index is 503. The topological polar surface area (TPSA) is 30.2 Å². The summed E-state index contributed by atoms with van der Waals surface area (Å²) in [6.45, 7) is 0. The van der Waals surface area contributed by atoms with Crippen molar-refractivity contribution in [2.24, 2.45) is 0 Å². The molecule has 0 aliphatic rings. The minimum Gasteiger partial charge on any atom is -0.453 e. The summed E-state index contributed by atoms with van der Waals surface area (Å²) in [6.07, 6.45) is -1.94. The third-order valence-electron chi connectivity index (χ3n) is 2.17. The number of carbonyl (C=O) groups is 1. The summed E-state index contributed by atoms with van der Waals surface area (Å²) in [6, 6.07) is 8.95. The molecule has 82 valence electrons. The Kier molecular flexibility index (Phi) is 2.81. The molecular formula is C12H8F2O2. The summed E-state index contributed by atoms with van der Waals surface area (Å²) in [5.74, 6) is 0.585. The van der Waals surface area contributed by atoms with Gasteiger partial charge in [0, 0.05) is 11.1 Å². The van der Waals surface area contributed by atoms with Crippen LogP contribution in [0.5, 0.6) is 0 Å². The maximum atomic E-state index is 12.4. The van der Waals surface area contributed by atoms with Gasteiger partial charge in [0.1, 0.15) is 5.76 Å². The van der Waals surface area contributed by atoms with Gasteiger partial charge in [-0.3, -0.25) is 4.79 Å². The molecule has 0 amide bonds. The van der Waals surface area contributed by atoms with Crippen LogP contribution >= 0.6 is 0 Å². The van der Waals surface area contributed by atoms with E-state index in [2.05, 4.69) is 0 Å². The number of carbonyl (C=O) groups excluding carboxylic acids is 1. The first-order valence-corrected chi connectivity index (χ1v) is 4.64. The number of hydrogen-bond acceptors (Lipinski definition) is 2. The zero-order valence-electron chi connectivity index (χ0n) is 8.19. The Labute approximate surface area is 90.5 Å². The predicted octanol–water partition coefficient (Wildman–Crippen LogP) is 3.70. The van der Waals surface area contributed by atoms with Gasteiger partial charge >= 0.3 is 0 Å². The van der Waals surface area contributed by atoms with E-state index in [4.69, 9.17) is 4.42 Å². The van der Waals surface area contributed by atoms with Crippen molar-refractivity contribution in [3.05, 3.63) is 47.7 Å². The molecule has 0 radical (unpaired) electrons. The normalized spacial score (nSPS) is 10.7. The highest BCUT2D eigenvalue weighted by Crippen LogP contribution is 2.26. The second-order valence-electron chi connectivity index (χ2n) is 3.25. The van der Waals surface area contributed by atoms with Crippen LogP contribution in [-0.2, 0) is 0 Å². The van der Waals surface area contributed by atoms with Gasteiger partial charge in [0.05, 0.1) is 0 Å². The molecule has 0 bridgehead atoms. The van der Waals surface area contributed by atoms with Gasteiger partial charge in [-0.2, -0.15) is 0 Å². The monoisotopic (exact) mass is 222 g/mol. The number of alkyl halides is 2. The van der Waals surface area contributed by atoms with Crippen LogP contribution in [0.4, 0.5) is 8.78 Å². The second kappa shape index (κ2) is 4.26. The first kappa shape index (κ1) is 10.5. The molecule has 1 aromatic carbocycles. The van der Waals surface area contributed by atoms with Gasteiger partial charge in [0.15, 0.2) is 12.0 Å². The van der Waals surface area contributed by atoms with Gasteiger partial charge in [0.2, 0.25) is 0 Å². The smallest absolute Gasteiger partial charge is 0.263 e. The van der Waals surface area contributed by atoms with E-state index >= 15 is 0 Å². The van der Waals surface area contributed by atoms with Gasteiger partial charge in [-0.05, 0) is 18.2 Å². The van der Waals surface area contributed by atoms with Gasteiger partial charge < -0.3 is 4.42 Å². The predicted molar refractivity (Wildman–Crippen MR) is 54.5 cm³/mol. The molecule has 0 atom stereocenters. The summed E-state index contributed by atoms with van der Waals surface area (Å²) in [4.78, 5) is 10.4. The maximum absolute atomic E-state index is 12.4. The van der Waals surface area contributed by atoms with Crippen LogP contribution in [0.25, 0.3) is 11.3 Å². The lowest BCUT2D eigenvalue weighted by atomic mass is 10.1. The first-order chi connectivity index (χ1) is 7.70. The van der Waals surface area contributed by atoms with Crippen LogP contribution in [0.15, 0.2) is 40.8 Å². The van der Waals surface area contributed by atoms with Crippen molar-refractivity contribution >= 4 is 6.29 Å². The molecule has 4 heteroatoms. The summed E-state index contributed by atoms with van der Waals surface area (Å²) >= 11 is 0. The van der Waals surface area contributed by atoms with E-state index in [-0.39, 0.29) is 11.3 Å². The number of benzene rings is 1. The highest BCUT2D eigenvalue weighted by molar-refractivity contribution is 5.72. The number of halogens is 2. The minimum absolute atomic E-state index is 0.0680. The number of rotatable bonds is 3. The molecule has 0 N–H and O–H groups in total. The average molecular weight is 222 g/mol. The molecule has 2 nitrogen and oxygen atoms in total. The first-order valence-electron chi connectivity index (χ1n) is 4.64. The van der Waals surface area contributed by atoms with Gasteiger partial charge in [-0.15, -0.1) is 0 Å². The van der Waals surface area contributed by atoms with E-state index in [0.29, 0.717) is 17.6 Å². The van der Waals surface area contributed by atoms with Crippen molar-refractivity contribution in [3.8, 4) is 11.3 Å². The van der Waals surface area contributed by atoms with Crippen molar-refractivity contribution in [1.29, 1.82) is 0 Å². The van der Waals surface area contributed by atoms with Crippen molar-refractivity contribution < 1.29 is 18.0 Å². The average Bonchev–Trinajstić information content (AvgIpc) is 2.77. The lowest BCUT2D eigenvalue weighted by Crippen LogP contribution is -1.84. The van der Waals surface area contributed by atoms with Crippen LogP contribution in [0.2, 0.25) is 0 Å². The van der Waals surface area contributed by atoms with E-state index in [9.17, 15) is 13.6 Å². The van der Waals surface area contributed by atoms with Crippen LogP contribution in [0.3, 0.4) is 0 Å². The van der Waals surface area contributed by atoms with Crippen LogP contribution < -0.4 is 0 Å². The van der Waals surface area contributed by atoms with E-state index < -0.39 is 6.43 Å². The SMILES string of the molecule is O=Cc1ccc(-c2cccc(C(F)F)c2)o1. The molecule has 0 saturated heterocycles. The third kappa shape index (κ3) is 2.00. The highest BCUT2D eigenvalue weighted by atomic mass is 19.3. The third-order valence-corrected chi connectivity index (χ3v) is 2.17. The van der Waals surface area contributed by atoms with Crippen LogP contribution in [-0.4, -0.2) is 6.29 Å². The van der Waals surface area contributed by atoms with E-state index in [1.807, 2.05) is 0 Å². The number of aldehydes is 1. The Morgan fingerprint density at radius 1 is 1.19 bits per heavy atom. The van der Waals surface area contributed by atoms with Crippen LogP contribution in [0, 0.1) is 0 Å². The molecule has 2 aromatic rings. The molecule has 0 saturated carbocycles. The van der Waals surface area contributed by atoms with Crippen molar-refractivity contribution in [1.82, 2.24) is 0 Å². The fourth-order valence-electron chi connectivity index (χ4n) is 1.40. The molecule has 2 rings (SSSR count). The quantitative estimate of drug-likeness (QED) is 0.741. The van der Waals surface area contributed by atoms with Gasteiger partial charge in [0.25, 0.3) is 6.43 Å². The van der Waals surface area contributed by atoms with Crippen LogP contribution in [0.1, 0.15) is 22.5 Å². The highest BCUT2D eigenvalue weighted by Gasteiger charge is 2.09. The Hall–Kier alpha value is -1.97. The molecular weight excluding hydrogens is 214 g/mol. The minimum atomic E-state index is -2.51. The van der Waals surface area contributed by atoms with E-state index in [0.717, 1.165) is 0 Å². The summed E-state index contributed by atoms with van der Waals surface area (Å²) in [5.41, 5.74) is 0.465. The molecule has 1 heterocycles. The number of hydrogen-bond donors (Lipinski definition) is 0. The maximum Gasteiger partial charge on any atom is 0.263 e. The lowest BCUT2D eigenvalue weighted by Gasteiger charge is -2.01. The van der Waals surface area contributed by atoms with E-state index in [1.165, 1.54) is 24.3 Å². The molecule has 16 heavy (non-hydrogen) atoms. The fourth-order valence-corrected chi connectivity index (χ4v) is 1.40. The van der Waals surface area contributed by atoms with Crippen molar-refractivity contribution in [2.45, 2.75) is 6.43 Å². The zero-order chi connectivity index (χ0) is 11.5. The van der Waals surface area contributed by atoms with Crippen molar-refractivity contribution in [3.63, 3.8) is 0 Å². The van der Waals surface area contributed by atoms with Crippen molar-refractivity contribution in [2.75, 3.05) is 0 Å². The Morgan fingerprint density at radius 2 is 2.00 bits per heavy atom.